The van der Waals surface area contributed by atoms with E-state index in [4.69, 9.17) is 16.3 Å². The first-order valence-electron chi connectivity index (χ1n) is 8.68. The van der Waals surface area contributed by atoms with E-state index >= 15 is 0 Å². The number of nitrogens with one attached hydrogen (secondary N) is 1. The molecule has 0 fully saturated rings. The van der Waals surface area contributed by atoms with Gasteiger partial charge in [-0.3, -0.25) is 9.69 Å². The van der Waals surface area contributed by atoms with Crippen LogP contribution < -0.4 is 10.1 Å². The highest BCUT2D eigenvalue weighted by atomic mass is 35.5. The number of likely N-dealkylation sites (N-methyl/N-ethyl adjacent to an activating group) is 1. The highest BCUT2D eigenvalue weighted by Crippen LogP contribution is 2.26. The van der Waals surface area contributed by atoms with Crippen LogP contribution in [0.15, 0.2) is 48.5 Å². The van der Waals surface area contributed by atoms with Gasteiger partial charge in [0.1, 0.15) is 11.6 Å². The average molecular weight is 379 g/mol. The first-order valence-corrected chi connectivity index (χ1v) is 9.06. The van der Waals surface area contributed by atoms with Gasteiger partial charge in [0.15, 0.2) is 6.61 Å². The van der Waals surface area contributed by atoms with Gasteiger partial charge in [-0.1, -0.05) is 49.7 Å². The van der Waals surface area contributed by atoms with Crippen molar-refractivity contribution in [3.8, 4) is 5.75 Å². The summed E-state index contributed by atoms with van der Waals surface area (Å²) in [6.07, 6.45) is 0. The molecule has 1 unspecified atom stereocenters. The molecule has 1 N–H and O–H groups in total. The molecule has 140 valence electrons. The Hall–Kier alpha value is -2.11. The van der Waals surface area contributed by atoms with Gasteiger partial charge in [0.25, 0.3) is 5.91 Å². The normalized spacial score (nSPS) is 12.0. The summed E-state index contributed by atoms with van der Waals surface area (Å²) in [5, 5.41) is 3.56. The van der Waals surface area contributed by atoms with Crippen molar-refractivity contribution in [3.05, 3.63) is 64.9 Å². The fourth-order valence-corrected chi connectivity index (χ4v) is 3.07. The van der Waals surface area contributed by atoms with Gasteiger partial charge in [0.2, 0.25) is 0 Å². The minimum Gasteiger partial charge on any atom is -0.484 e. The molecule has 2 aromatic carbocycles. The highest BCUT2D eigenvalue weighted by Gasteiger charge is 2.21. The van der Waals surface area contributed by atoms with E-state index in [0.717, 1.165) is 18.7 Å². The summed E-state index contributed by atoms with van der Waals surface area (Å²) in [4.78, 5) is 14.4. The molecule has 0 aliphatic rings. The maximum atomic E-state index is 13.1. The third-order valence-electron chi connectivity index (χ3n) is 4.18. The molecule has 0 aromatic heterocycles. The van der Waals surface area contributed by atoms with E-state index in [1.807, 2.05) is 24.3 Å². The number of rotatable bonds is 9. The Kier molecular flexibility index (Phi) is 7.88. The molecule has 26 heavy (non-hydrogen) atoms. The van der Waals surface area contributed by atoms with Crippen LogP contribution in [0.1, 0.15) is 25.5 Å². The maximum absolute atomic E-state index is 13.1. The maximum Gasteiger partial charge on any atom is 0.258 e. The topological polar surface area (TPSA) is 41.6 Å². The zero-order chi connectivity index (χ0) is 18.9. The van der Waals surface area contributed by atoms with Crippen molar-refractivity contribution in [2.75, 3.05) is 26.2 Å². The monoisotopic (exact) mass is 378 g/mol. The number of hydrogen-bond donors (Lipinski definition) is 1. The van der Waals surface area contributed by atoms with Crippen LogP contribution in [-0.2, 0) is 4.79 Å². The molecule has 0 spiro atoms. The highest BCUT2D eigenvalue weighted by molar-refractivity contribution is 6.31. The summed E-state index contributed by atoms with van der Waals surface area (Å²) >= 11 is 6.35. The predicted molar refractivity (Wildman–Crippen MR) is 102 cm³/mol. The quantitative estimate of drug-likeness (QED) is 0.715. The number of carbonyl (C=O) groups excluding carboxylic acids is 1. The van der Waals surface area contributed by atoms with Gasteiger partial charge in [-0.15, -0.1) is 0 Å². The molecule has 4 nitrogen and oxygen atoms in total. The van der Waals surface area contributed by atoms with Gasteiger partial charge in [0.05, 0.1) is 6.04 Å². The molecule has 1 atom stereocenters. The van der Waals surface area contributed by atoms with Crippen molar-refractivity contribution in [1.82, 2.24) is 10.2 Å². The molecular weight excluding hydrogens is 355 g/mol. The van der Waals surface area contributed by atoms with Crippen molar-refractivity contribution in [2.45, 2.75) is 19.9 Å². The minimum absolute atomic E-state index is 0.0307. The first-order chi connectivity index (χ1) is 12.5. The number of nitrogens with zero attached hydrogens (tertiary/aromatic N) is 1. The van der Waals surface area contributed by atoms with E-state index < -0.39 is 5.82 Å². The molecule has 0 saturated heterocycles. The second kappa shape index (κ2) is 10.1. The lowest BCUT2D eigenvalue weighted by atomic mass is 10.0. The molecule has 1 amide bonds. The van der Waals surface area contributed by atoms with Crippen LogP contribution in [0, 0.1) is 5.82 Å². The Bertz CT molecular complexity index is 722. The molecule has 0 aliphatic carbocycles. The Morgan fingerprint density at radius 3 is 2.58 bits per heavy atom. The van der Waals surface area contributed by atoms with Crippen LogP contribution in [0.25, 0.3) is 0 Å². The molecule has 0 bridgehead atoms. The van der Waals surface area contributed by atoms with Crippen LogP contribution in [-0.4, -0.2) is 37.0 Å². The van der Waals surface area contributed by atoms with Gasteiger partial charge < -0.3 is 10.1 Å². The summed E-state index contributed by atoms with van der Waals surface area (Å²) < 4.78 is 18.5. The van der Waals surface area contributed by atoms with E-state index in [1.165, 1.54) is 18.2 Å². The zero-order valence-corrected chi connectivity index (χ0v) is 15.8. The van der Waals surface area contributed by atoms with E-state index in [2.05, 4.69) is 24.1 Å². The van der Waals surface area contributed by atoms with E-state index in [9.17, 15) is 9.18 Å². The van der Waals surface area contributed by atoms with Gasteiger partial charge >= 0.3 is 0 Å². The van der Waals surface area contributed by atoms with E-state index in [-0.39, 0.29) is 18.6 Å². The first kappa shape index (κ1) is 20.2. The van der Waals surface area contributed by atoms with Gasteiger partial charge in [-0.2, -0.15) is 0 Å². The van der Waals surface area contributed by atoms with E-state index in [0.29, 0.717) is 17.3 Å². The fraction of sp³-hybridized carbons (Fsp3) is 0.350. The number of amides is 1. The lowest BCUT2D eigenvalue weighted by Crippen LogP contribution is -2.39. The molecular formula is C20H24ClFN2O2. The second-order valence-electron chi connectivity index (χ2n) is 5.81. The summed E-state index contributed by atoms with van der Waals surface area (Å²) in [6, 6.07) is 13.3. The van der Waals surface area contributed by atoms with Gasteiger partial charge in [0, 0.05) is 17.6 Å². The van der Waals surface area contributed by atoms with Crippen molar-refractivity contribution in [3.63, 3.8) is 0 Å². The zero-order valence-electron chi connectivity index (χ0n) is 15.0. The standard InChI is InChI=1S/C20H24ClFN2O2/c1-3-24(4-2)19(17-10-5-6-11-18(17)21)13-23-20(25)14-26-16-9-7-8-15(22)12-16/h5-12,19H,3-4,13-14H2,1-2H3,(H,23,25). The number of halogens is 2. The molecule has 0 heterocycles. The molecule has 0 saturated carbocycles. The van der Waals surface area contributed by atoms with E-state index in [1.54, 1.807) is 6.07 Å². The second-order valence-corrected chi connectivity index (χ2v) is 6.22. The van der Waals surface area contributed by atoms with Crippen LogP contribution in [0.4, 0.5) is 4.39 Å². The molecule has 6 heteroatoms. The Morgan fingerprint density at radius 2 is 1.92 bits per heavy atom. The number of benzene rings is 2. The number of ether oxygens (including phenoxy) is 1. The van der Waals surface area contributed by atoms with Crippen molar-refractivity contribution in [2.24, 2.45) is 0 Å². The summed E-state index contributed by atoms with van der Waals surface area (Å²) in [5.41, 5.74) is 0.976. The third kappa shape index (κ3) is 5.71. The van der Waals surface area contributed by atoms with Crippen molar-refractivity contribution in [1.29, 1.82) is 0 Å². The van der Waals surface area contributed by atoms with Crippen LogP contribution >= 0.6 is 11.6 Å². The third-order valence-corrected chi connectivity index (χ3v) is 4.52. The molecule has 2 aromatic rings. The smallest absolute Gasteiger partial charge is 0.258 e. The van der Waals surface area contributed by atoms with Crippen LogP contribution in [0.5, 0.6) is 5.75 Å². The largest absolute Gasteiger partial charge is 0.484 e. The Labute approximate surface area is 158 Å². The lowest BCUT2D eigenvalue weighted by molar-refractivity contribution is -0.123. The Morgan fingerprint density at radius 1 is 1.19 bits per heavy atom. The summed E-state index contributed by atoms with van der Waals surface area (Å²) in [5.74, 6) is -0.340. The van der Waals surface area contributed by atoms with Crippen molar-refractivity contribution < 1.29 is 13.9 Å². The molecule has 0 radical (unpaired) electrons. The SMILES string of the molecule is CCN(CC)C(CNC(=O)COc1cccc(F)c1)c1ccccc1Cl. The average Bonchev–Trinajstić information content (AvgIpc) is 2.64. The van der Waals surface area contributed by atoms with Crippen LogP contribution in [0.3, 0.4) is 0 Å². The van der Waals surface area contributed by atoms with Crippen LogP contribution in [0.2, 0.25) is 5.02 Å². The lowest BCUT2D eigenvalue weighted by Gasteiger charge is -2.30. The van der Waals surface area contributed by atoms with Gasteiger partial charge in [-0.05, 0) is 36.9 Å². The number of hydrogen-bond acceptors (Lipinski definition) is 3. The molecule has 2 rings (SSSR count). The summed E-state index contributed by atoms with van der Waals surface area (Å²) in [7, 11) is 0. The van der Waals surface area contributed by atoms with Crippen molar-refractivity contribution >= 4 is 17.5 Å². The fourth-order valence-electron chi connectivity index (χ4n) is 2.81. The number of carbonyl (C=O) groups is 1. The Balaban J connectivity index is 1.98. The van der Waals surface area contributed by atoms with Gasteiger partial charge in [-0.25, -0.2) is 4.39 Å². The predicted octanol–water partition coefficient (Wildman–Crippen LogP) is 4.06. The summed E-state index contributed by atoms with van der Waals surface area (Å²) in [6.45, 7) is 6.06. The molecule has 0 aliphatic heterocycles. The minimum atomic E-state index is -0.400.